The van der Waals surface area contributed by atoms with Gasteiger partial charge in [-0.2, -0.15) is 0 Å². The third-order valence-corrected chi connectivity index (χ3v) is 4.88. The molecule has 0 radical (unpaired) electrons. The van der Waals surface area contributed by atoms with E-state index in [1.54, 1.807) is 0 Å². The van der Waals surface area contributed by atoms with Crippen molar-refractivity contribution in [2.24, 2.45) is 0 Å². The number of aryl methyl sites for hydroxylation is 3. The molecule has 1 N–H and O–H groups in total. The SMILES string of the molecule is Cc1cc2ncn(CC(O)Cn3c(C)nc4ccccc43)c2cc1C. The quantitative estimate of drug-likeness (QED) is 0.622. The summed E-state index contributed by atoms with van der Waals surface area (Å²) in [5, 5.41) is 10.7. The van der Waals surface area contributed by atoms with Crippen LogP contribution in [0.5, 0.6) is 0 Å². The minimum absolute atomic E-state index is 0.505. The lowest BCUT2D eigenvalue weighted by Crippen LogP contribution is -2.22. The van der Waals surface area contributed by atoms with Crippen LogP contribution in [-0.2, 0) is 13.1 Å². The molecule has 0 bridgehead atoms. The fourth-order valence-corrected chi connectivity index (χ4v) is 3.38. The van der Waals surface area contributed by atoms with Crippen molar-refractivity contribution < 1.29 is 5.11 Å². The highest BCUT2D eigenvalue weighted by atomic mass is 16.3. The van der Waals surface area contributed by atoms with E-state index in [-0.39, 0.29) is 0 Å². The Labute approximate surface area is 146 Å². The van der Waals surface area contributed by atoms with Gasteiger partial charge in [0.25, 0.3) is 0 Å². The van der Waals surface area contributed by atoms with E-state index < -0.39 is 6.10 Å². The maximum absolute atomic E-state index is 10.7. The summed E-state index contributed by atoms with van der Waals surface area (Å²) in [6.45, 7) is 7.19. The number of aliphatic hydroxyl groups is 1. The molecule has 128 valence electrons. The van der Waals surface area contributed by atoms with Gasteiger partial charge in [0.15, 0.2) is 0 Å². The van der Waals surface area contributed by atoms with E-state index in [9.17, 15) is 5.11 Å². The van der Waals surface area contributed by atoms with Crippen LogP contribution in [0.2, 0.25) is 0 Å². The minimum atomic E-state index is -0.518. The van der Waals surface area contributed by atoms with Crippen molar-refractivity contribution >= 4 is 22.1 Å². The van der Waals surface area contributed by atoms with Gasteiger partial charge in [0.1, 0.15) is 5.82 Å². The van der Waals surface area contributed by atoms with Crippen molar-refractivity contribution in [1.82, 2.24) is 19.1 Å². The third kappa shape index (κ3) is 2.81. The van der Waals surface area contributed by atoms with Crippen molar-refractivity contribution in [3.8, 4) is 0 Å². The monoisotopic (exact) mass is 334 g/mol. The van der Waals surface area contributed by atoms with Crippen molar-refractivity contribution in [3.63, 3.8) is 0 Å². The van der Waals surface area contributed by atoms with Crippen LogP contribution in [0.4, 0.5) is 0 Å². The number of aliphatic hydroxyl groups excluding tert-OH is 1. The number of benzene rings is 2. The van der Waals surface area contributed by atoms with Crippen LogP contribution in [0.3, 0.4) is 0 Å². The van der Waals surface area contributed by atoms with Crippen molar-refractivity contribution in [1.29, 1.82) is 0 Å². The maximum atomic E-state index is 10.7. The second-order valence-corrected chi connectivity index (χ2v) is 6.73. The van der Waals surface area contributed by atoms with Gasteiger partial charge >= 0.3 is 0 Å². The van der Waals surface area contributed by atoms with Gasteiger partial charge in [0, 0.05) is 0 Å². The Balaban J connectivity index is 1.61. The highest BCUT2D eigenvalue weighted by molar-refractivity contribution is 5.77. The Morgan fingerprint density at radius 3 is 2.56 bits per heavy atom. The lowest BCUT2D eigenvalue weighted by Gasteiger charge is -2.15. The summed E-state index contributed by atoms with van der Waals surface area (Å²) in [5.74, 6) is 0.919. The smallest absolute Gasteiger partial charge is 0.106 e. The summed E-state index contributed by atoms with van der Waals surface area (Å²) in [4.78, 5) is 9.04. The van der Waals surface area contributed by atoms with Crippen LogP contribution in [0.1, 0.15) is 17.0 Å². The molecule has 0 fully saturated rings. The van der Waals surface area contributed by atoms with Gasteiger partial charge in [-0.25, -0.2) is 9.97 Å². The molecule has 2 aromatic heterocycles. The zero-order chi connectivity index (χ0) is 17.6. The highest BCUT2D eigenvalue weighted by Gasteiger charge is 2.14. The number of imidazole rings is 2. The van der Waals surface area contributed by atoms with Crippen LogP contribution in [0, 0.1) is 20.8 Å². The molecule has 4 aromatic rings. The van der Waals surface area contributed by atoms with Crippen LogP contribution >= 0.6 is 0 Å². The van der Waals surface area contributed by atoms with E-state index in [1.165, 1.54) is 11.1 Å². The molecule has 0 aliphatic rings. The Morgan fingerprint density at radius 1 is 0.960 bits per heavy atom. The molecule has 4 rings (SSSR count). The molecule has 0 aliphatic heterocycles. The normalized spacial score (nSPS) is 13.0. The van der Waals surface area contributed by atoms with Crippen LogP contribution in [0.25, 0.3) is 22.1 Å². The summed E-state index contributed by atoms with van der Waals surface area (Å²) < 4.78 is 4.11. The zero-order valence-electron chi connectivity index (χ0n) is 14.8. The number of hydrogen-bond donors (Lipinski definition) is 1. The van der Waals surface area contributed by atoms with E-state index in [1.807, 2.05) is 42.1 Å². The average Bonchev–Trinajstić information content (AvgIpc) is 3.10. The first-order valence-corrected chi connectivity index (χ1v) is 8.55. The maximum Gasteiger partial charge on any atom is 0.106 e. The fourth-order valence-electron chi connectivity index (χ4n) is 3.38. The number of rotatable bonds is 4. The molecular weight excluding hydrogens is 312 g/mol. The topological polar surface area (TPSA) is 55.9 Å². The molecule has 25 heavy (non-hydrogen) atoms. The van der Waals surface area contributed by atoms with Crippen LogP contribution in [-0.4, -0.2) is 30.3 Å². The number of para-hydroxylation sites is 2. The standard InChI is InChI=1S/C20H22N4O/c1-13-8-18-20(9-14(13)2)23(12-21-18)10-16(25)11-24-15(3)22-17-6-4-5-7-19(17)24/h4-9,12,16,25H,10-11H2,1-3H3. The lowest BCUT2D eigenvalue weighted by molar-refractivity contribution is 0.136. The van der Waals surface area contributed by atoms with Gasteiger partial charge in [0.05, 0.1) is 47.6 Å². The van der Waals surface area contributed by atoms with Gasteiger partial charge in [-0.1, -0.05) is 12.1 Å². The molecule has 0 saturated heterocycles. The number of fused-ring (bicyclic) bond motifs is 2. The van der Waals surface area contributed by atoms with E-state index in [2.05, 4.69) is 40.5 Å². The van der Waals surface area contributed by atoms with Gasteiger partial charge in [0.2, 0.25) is 0 Å². The van der Waals surface area contributed by atoms with Gasteiger partial charge in [-0.05, 0) is 56.2 Å². The summed E-state index contributed by atoms with van der Waals surface area (Å²) in [6.07, 6.45) is 1.29. The first-order chi connectivity index (χ1) is 12.0. The first-order valence-electron chi connectivity index (χ1n) is 8.55. The van der Waals surface area contributed by atoms with E-state index in [0.717, 1.165) is 27.9 Å². The average molecular weight is 334 g/mol. The number of aromatic nitrogens is 4. The van der Waals surface area contributed by atoms with E-state index in [4.69, 9.17) is 0 Å². The Bertz CT molecular complexity index is 1060. The molecule has 0 aliphatic carbocycles. The molecule has 2 aromatic carbocycles. The fraction of sp³-hybridized carbons (Fsp3) is 0.300. The summed E-state index contributed by atoms with van der Waals surface area (Å²) in [5.41, 5.74) is 6.53. The van der Waals surface area contributed by atoms with Crippen molar-refractivity contribution in [3.05, 3.63) is 59.7 Å². The molecule has 1 atom stereocenters. The molecule has 2 heterocycles. The van der Waals surface area contributed by atoms with Gasteiger partial charge in [-0.3, -0.25) is 0 Å². The Morgan fingerprint density at radius 2 is 1.72 bits per heavy atom. The predicted octanol–water partition coefficient (Wildman–Crippen LogP) is 3.37. The molecule has 1 unspecified atom stereocenters. The van der Waals surface area contributed by atoms with Gasteiger partial charge < -0.3 is 14.2 Å². The Kier molecular flexibility index (Phi) is 3.81. The molecule has 0 spiro atoms. The number of hydrogen-bond acceptors (Lipinski definition) is 3. The molecule has 0 amide bonds. The molecule has 5 heteroatoms. The molecule has 5 nitrogen and oxygen atoms in total. The second-order valence-electron chi connectivity index (χ2n) is 6.73. The zero-order valence-corrected chi connectivity index (χ0v) is 14.8. The van der Waals surface area contributed by atoms with E-state index in [0.29, 0.717) is 13.1 Å². The van der Waals surface area contributed by atoms with Gasteiger partial charge in [-0.15, -0.1) is 0 Å². The largest absolute Gasteiger partial charge is 0.389 e. The second kappa shape index (κ2) is 6.01. The minimum Gasteiger partial charge on any atom is -0.389 e. The lowest BCUT2D eigenvalue weighted by atomic mass is 10.1. The number of nitrogens with zero attached hydrogens (tertiary/aromatic N) is 4. The molecule has 0 saturated carbocycles. The predicted molar refractivity (Wildman–Crippen MR) is 99.7 cm³/mol. The van der Waals surface area contributed by atoms with Crippen molar-refractivity contribution in [2.75, 3.05) is 0 Å². The summed E-state index contributed by atoms with van der Waals surface area (Å²) in [7, 11) is 0. The van der Waals surface area contributed by atoms with Crippen molar-refractivity contribution in [2.45, 2.75) is 40.0 Å². The molecular formula is C20H22N4O. The first kappa shape index (κ1) is 15.8. The Hall–Kier alpha value is -2.66. The highest BCUT2D eigenvalue weighted by Crippen LogP contribution is 2.20. The van der Waals surface area contributed by atoms with Crippen LogP contribution < -0.4 is 0 Å². The van der Waals surface area contributed by atoms with E-state index >= 15 is 0 Å². The summed E-state index contributed by atoms with van der Waals surface area (Å²) in [6, 6.07) is 12.3. The van der Waals surface area contributed by atoms with Crippen LogP contribution in [0.15, 0.2) is 42.7 Å². The summed E-state index contributed by atoms with van der Waals surface area (Å²) >= 11 is 0. The third-order valence-electron chi connectivity index (χ3n) is 4.88.